The first kappa shape index (κ1) is 12.7. The molecule has 4 heteroatoms. The predicted octanol–water partition coefficient (Wildman–Crippen LogP) is 2.32. The summed E-state index contributed by atoms with van der Waals surface area (Å²) >= 11 is 0. The first-order chi connectivity index (χ1) is 8.79. The summed E-state index contributed by atoms with van der Waals surface area (Å²) in [5.41, 5.74) is 8.37. The quantitative estimate of drug-likeness (QED) is 0.798. The van der Waals surface area contributed by atoms with E-state index in [1.54, 1.807) is 0 Å². The topological polar surface area (TPSA) is 71.1 Å². The third-order valence-electron chi connectivity index (χ3n) is 3.22. The molecule has 4 nitrogen and oxygen atoms in total. The third-order valence-corrected chi connectivity index (χ3v) is 3.22. The first-order valence-electron chi connectivity index (χ1n) is 6.40. The van der Waals surface area contributed by atoms with Gasteiger partial charge in [-0.15, -0.1) is 0 Å². The summed E-state index contributed by atoms with van der Waals surface area (Å²) in [5, 5.41) is 12.1. The summed E-state index contributed by atoms with van der Waals surface area (Å²) in [5.74, 6) is 0. The van der Waals surface area contributed by atoms with Crippen LogP contribution in [0.2, 0.25) is 0 Å². The lowest BCUT2D eigenvalue weighted by atomic mass is 10.1. The number of nitrogen functional groups attached to an aromatic ring is 1. The monoisotopic (exact) mass is 245 g/mol. The van der Waals surface area contributed by atoms with Crippen molar-refractivity contribution in [1.82, 2.24) is 0 Å². The van der Waals surface area contributed by atoms with Gasteiger partial charge in [0, 0.05) is 24.5 Å². The standard InChI is InChI=1S/C14H19N3O/c15-7-6-11-9-12(4-5-14(11)16)17-10-13-3-1-2-8-18-13/h4-5,9,13,17H,1-3,6,8,10,16H2. The van der Waals surface area contributed by atoms with E-state index in [2.05, 4.69) is 11.4 Å². The molecular formula is C14H19N3O. The summed E-state index contributed by atoms with van der Waals surface area (Å²) in [6.07, 6.45) is 4.18. The van der Waals surface area contributed by atoms with E-state index >= 15 is 0 Å². The average Bonchev–Trinajstić information content (AvgIpc) is 2.41. The van der Waals surface area contributed by atoms with Crippen molar-refractivity contribution >= 4 is 11.4 Å². The highest BCUT2D eigenvalue weighted by atomic mass is 16.5. The van der Waals surface area contributed by atoms with Crippen LogP contribution in [-0.4, -0.2) is 19.3 Å². The van der Waals surface area contributed by atoms with Crippen molar-refractivity contribution in [2.75, 3.05) is 24.2 Å². The number of nitrogens with zero attached hydrogens (tertiary/aromatic N) is 1. The van der Waals surface area contributed by atoms with Gasteiger partial charge in [0.15, 0.2) is 0 Å². The van der Waals surface area contributed by atoms with E-state index in [0.29, 0.717) is 18.2 Å². The van der Waals surface area contributed by atoms with Crippen LogP contribution in [0, 0.1) is 11.3 Å². The fourth-order valence-corrected chi connectivity index (χ4v) is 2.15. The fourth-order valence-electron chi connectivity index (χ4n) is 2.15. The molecule has 1 aromatic carbocycles. The number of nitriles is 1. The zero-order valence-corrected chi connectivity index (χ0v) is 10.5. The first-order valence-corrected chi connectivity index (χ1v) is 6.40. The van der Waals surface area contributed by atoms with Gasteiger partial charge in [-0.2, -0.15) is 5.26 Å². The number of hydrogen-bond acceptors (Lipinski definition) is 4. The lowest BCUT2D eigenvalue weighted by Gasteiger charge is -2.23. The van der Waals surface area contributed by atoms with Crippen LogP contribution in [0.4, 0.5) is 11.4 Å². The van der Waals surface area contributed by atoms with Crippen LogP contribution in [0.1, 0.15) is 24.8 Å². The largest absolute Gasteiger partial charge is 0.398 e. The number of hydrogen-bond donors (Lipinski definition) is 2. The van der Waals surface area contributed by atoms with Crippen LogP contribution < -0.4 is 11.1 Å². The normalized spacial score (nSPS) is 19.2. The molecule has 2 rings (SSSR count). The highest BCUT2D eigenvalue weighted by molar-refractivity contribution is 5.58. The van der Waals surface area contributed by atoms with Crippen LogP contribution in [0.25, 0.3) is 0 Å². The Kier molecular flexibility index (Phi) is 4.43. The van der Waals surface area contributed by atoms with Crippen molar-refractivity contribution < 1.29 is 4.74 Å². The molecule has 1 fully saturated rings. The van der Waals surface area contributed by atoms with Gasteiger partial charge in [-0.05, 0) is 43.0 Å². The minimum atomic E-state index is 0.302. The van der Waals surface area contributed by atoms with Gasteiger partial charge in [0.05, 0.1) is 18.6 Å². The smallest absolute Gasteiger partial charge is 0.0747 e. The maximum Gasteiger partial charge on any atom is 0.0747 e. The minimum absolute atomic E-state index is 0.302. The van der Waals surface area contributed by atoms with Crippen LogP contribution in [-0.2, 0) is 11.2 Å². The molecule has 0 spiro atoms. The molecule has 1 aliphatic heterocycles. The number of anilines is 2. The Morgan fingerprint density at radius 1 is 1.44 bits per heavy atom. The number of ether oxygens (including phenoxy) is 1. The Labute approximate surface area is 108 Å². The highest BCUT2D eigenvalue weighted by Crippen LogP contribution is 2.19. The van der Waals surface area contributed by atoms with E-state index in [-0.39, 0.29) is 0 Å². The van der Waals surface area contributed by atoms with E-state index in [1.165, 1.54) is 12.8 Å². The Hall–Kier alpha value is -1.73. The Morgan fingerprint density at radius 2 is 2.33 bits per heavy atom. The second-order valence-electron chi connectivity index (χ2n) is 4.62. The molecule has 0 amide bonds. The van der Waals surface area contributed by atoms with Crippen LogP contribution in [0.5, 0.6) is 0 Å². The molecule has 0 aliphatic carbocycles. The molecule has 3 N–H and O–H groups in total. The summed E-state index contributed by atoms with van der Waals surface area (Å²) in [4.78, 5) is 0. The maximum absolute atomic E-state index is 8.72. The van der Waals surface area contributed by atoms with Crippen molar-refractivity contribution in [2.45, 2.75) is 31.8 Å². The van der Waals surface area contributed by atoms with Gasteiger partial charge in [-0.1, -0.05) is 0 Å². The molecule has 1 heterocycles. The third kappa shape index (κ3) is 3.38. The molecule has 18 heavy (non-hydrogen) atoms. The second-order valence-corrected chi connectivity index (χ2v) is 4.62. The Morgan fingerprint density at radius 3 is 3.06 bits per heavy atom. The molecule has 0 bridgehead atoms. The average molecular weight is 245 g/mol. The van der Waals surface area contributed by atoms with Crippen molar-refractivity contribution in [1.29, 1.82) is 5.26 Å². The Bertz CT molecular complexity index is 433. The van der Waals surface area contributed by atoms with Crippen LogP contribution >= 0.6 is 0 Å². The van der Waals surface area contributed by atoms with Gasteiger partial charge in [0.1, 0.15) is 0 Å². The lowest BCUT2D eigenvalue weighted by molar-refractivity contribution is 0.0247. The second kappa shape index (κ2) is 6.27. The van der Waals surface area contributed by atoms with Gasteiger partial charge >= 0.3 is 0 Å². The van der Waals surface area contributed by atoms with Crippen LogP contribution in [0.3, 0.4) is 0 Å². The molecule has 0 aromatic heterocycles. The molecule has 1 aromatic rings. The van der Waals surface area contributed by atoms with Gasteiger partial charge in [0.25, 0.3) is 0 Å². The zero-order chi connectivity index (χ0) is 12.8. The van der Waals surface area contributed by atoms with E-state index in [4.69, 9.17) is 15.7 Å². The SMILES string of the molecule is N#CCc1cc(NCC2CCCCO2)ccc1N. The van der Waals surface area contributed by atoms with Gasteiger partial charge in [-0.3, -0.25) is 0 Å². The van der Waals surface area contributed by atoms with Crippen molar-refractivity contribution in [2.24, 2.45) is 0 Å². The van der Waals surface area contributed by atoms with Crippen molar-refractivity contribution in [3.8, 4) is 6.07 Å². The lowest BCUT2D eigenvalue weighted by Crippen LogP contribution is -2.27. The number of nitrogens with one attached hydrogen (secondary N) is 1. The molecule has 1 saturated heterocycles. The number of rotatable bonds is 4. The zero-order valence-electron chi connectivity index (χ0n) is 10.5. The van der Waals surface area contributed by atoms with Crippen LogP contribution in [0.15, 0.2) is 18.2 Å². The molecular weight excluding hydrogens is 226 g/mol. The molecule has 1 unspecified atom stereocenters. The maximum atomic E-state index is 8.72. The minimum Gasteiger partial charge on any atom is -0.398 e. The van der Waals surface area contributed by atoms with E-state index in [1.807, 2.05) is 18.2 Å². The predicted molar refractivity (Wildman–Crippen MR) is 72.3 cm³/mol. The number of benzene rings is 1. The van der Waals surface area contributed by atoms with Crippen molar-refractivity contribution in [3.63, 3.8) is 0 Å². The highest BCUT2D eigenvalue weighted by Gasteiger charge is 2.13. The van der Waals surface area contributed by atoms with Gasteiger partial charge in [0.2, 0.25) is 0 Å². The summed E-state index contributed by atoms with van der Waals surface area (Å²) < 4.78 is 5.66. The van der Waals surface area contributed by atoms with E-state index < -0.39 is 0 Å². The fraction of sp³-hybridized carbons (Fsp3) is 0.500. The number of nitrogens with two attached hydrogens (primary N) is 1. The van der Waals surface area contributed by atoms with E-state index in [0.717, 1.165) is 30.8 Å². The molecule has 96 valence electrons. The summed E-state index contributed by atoms with van der Waals surface area (Å²) in [7, 11) is 0. The van der Waals surface area contributed by atoms with Gasteiger partial charge < -0.3 is 15.8 Å². The molecule has 0 saturated carbocycles. The van der Waals surface area contributed by atoms with Crippen molar-refractivity contribution in [3.05, 3.63) is 23.8 Å². The molecule has 1 aliphatic rings. The molecule has 1 atom stereocenters. The van der Waals surface area contributed by atoms with E-state index in [9.17, 15) is 0 Å². The van der Waals surface area contributed by atoms with Gasteiger partial charge in [-0.25, -0.2) is 0 Å². The Balaban J connectivity index is 1.92. The molecule has 0 radical (unpaired) electrons. The summed E-state index contributed by atoms with van der Waals surface area (Å²) in [6.45, 7) is 1.68. The summed E-state index contributed by atoms with van der Waals surface area (Å²) in [6, 6.07) is 7.86.